The van der Waals surface area contributed by atoms with E-state index >= 15 is 0 Å². The standard InChI is InChI=1S/C11H24N2O3/c1-9(2)13(4)11(15)7-12(3)6-10(14)8-16-5/h9-10,14H,6-8H2,1-5H3. The molecule has 0 rings (SSSR count). The lowest BCUT2D eigenvalue weighted by atomic mass is 10.3. The first kappa shape index (κ1) is 15.3. The molecule has 0 saturated carbocycles. The lowest BCUT2D eigenvalue weighted by molar-refractivity contribution is -0.132. The fourth-order valence-electron chi connectivity index (χ4n) is 1.30. The fourth-order valence-corrected chi connectivity index (χ4v) is 1.30. The van der Waals surface area contributed by atoms with E-state index in [2.05, 4.69) is 0 Å². The van der Waals surface area contributed by atoms with Crippen LogP contribution in [-0.2, 0) is 9.53 Å². The number of aliphatic hydroxyl groups is 1. The van der Waals surface area contributed by atoms with Crippen molar-refractivity contribution in [1.82, 2.24) is 9.80 Å². The molecule has 5 nitrogen and oxygen atoms in total. The third-order valence-corrected chi connectivity index (χ3v) is 2.45. The number of hydrogen-bond donors (Lipinski definition) is 1. The van der Waals surface area contributed by atoms with Crippen LogP contribution in [-0.4, -0.2) is 73.9 Å². The van der Waals surface area contributed by atoms with Gasteiger partial charge in [-0.15, -0.1) is 0 Å². The molecule has 0 saturated heterocycles. The van der Waals surface area contributed by atoms with Gasteiger partial charge in [0.25, 0.3) is 0 Å². The Kier molecular flexibility index (Phi) is 7.29. The number of carbonyl (C=O) groups is 1. The Balaban J connectivity index is 3.95. The molecule has 0 aromatic rings. The number of likely N-dealkylation sites (N-methyl/N-ethyl adjacent to an activating group) is 2. The van der Waals surface area contributed by atoms with Crippen molar-refractivity contribution in [2.45, 2.75) is 26.0 Å². The maximum atomic E-state index is 11.7. The molecule has 1 N–H and O–H groups in total. The second-order valence-corrected chi connectivity index (χ2v) is 4.40. The van der Waals surface area contributed by atoms with E-state index < -0.39 is 6.10 Å². The van der Waals surface area contributed by atoms with Crippen molar-refractivity contribution in [1.29, 1.82) is 0 Å². The first-order valence-corrected chi connectivity index (χ1v) is 5.49. The van der Waals surface area contributed by atoms with E-state index in [4.69, 9.17) is 4.74 Å². The molecule has 1 unspecified atom stereocenters. The normalized spacial score (nSPS) is 13.2. The smallest absolute Gasteiger partial charge is 0.236 e. The van der Waals surface area contributed by atoms with Gasteiger partial charge in [0.2, 0.25) is 5.91 Å². The molecule has 0 aromatic heterocycles. The zero-order chi connectivity index (χ0) is 12.7. The van der Waals surface area contributed by atoms with Crippen molar-refractivity contribution in [3.05, 3.63) is 0 Å². The van der Waals surface area contributed by atoms with Crippen molar-refractivity contribution in [2.75, 3.05) is 40.9 Å². The number of aliphatic hydroxyl groups excluding tert-OH is 1. The van der Waals surface area contributed by atoms with Crippen LogP contribution in [0.25, 0.3) is 0 Å². The van der Waals surface area contributed by atoms with Crippen LogP contribution in [0.2, 0.25) is 0 Å². The summed E-state index contributed by atoms with van der Waals surface area (Å²) in [5, 5.41) is 9.49. The molecule has 0 fully saturated rings. The average Bonchev–Trinajstić information content (AvgIpc) is 2.16. The average molecular weight is 232 g/mol. The van der Waals surface area contributed by atoms with Gasteiger partial charge in [-0.25, -0.2) is 0 Å². The topological polar surface area (TPSA) is 53.0 Å². The van der Waals surface area contributed by atoms with Gasteiger partial charge in [-0.2, -0.15) is 0 Å². The first-order valence-electron chi connectivity index (χ1n) is 5.49. The summed E-state index contributed by atoms with van der Waals surface area (Å²) in [7, 11) is 5.14. The monoisotopic (exact) mass is 232 g/mol. The van der Waals surface area contributed by atoms with Crippen LogP contribution in [0.5, 0.6) is 0 Å². The Labute approximate surface area is 98.0 Å². The third kappa shape index (κ3) is 6.05. The molecule has 0 aromatic carbocycles. The summed E-state index contributed by atoms with van der Waals surface area (Å²) in [6, 6.07) is 0.199. The Morgan fingerprint density at radius 3 is 2.38 bits per heavy atom. The lowest BCUT2D eigenvalue weighted by Crippen LogP contribution is -2.42. The summed E-state index contributed by atoms with van der Waals surface area (Å²) in [4.78, 5) is 15.2. The maximum Gasteiger partial charge on any atom is 0.236 e. The second kappa shape index (κ2) is 7.60. The summed E-state index contributed by atoms with van der Waals surface area (Å²) in [5.41, 5.74) is 0. The Hall–Kier alpha value is -0.650. The molecule has 0 aliphatic heterocycles. The van der Waals surface area contributed by atoms with Crippen LogP contribution >= 0.6 is 0 Å². The van der Waals surface area contributed by atoms with Gasteiger partial charge >= 0.3 is 0 Å². The largest absolute Gasteiger partial charge is 0.389 e. The summed E-state index contributed by atoms with van der Waals surface area (Å²) < 4.78 is 4.82. The molecule has 0 spiro atoms. The van der Waals surface area contributed by atoms with Gasteiger partial charge in [0.1, 0.15) is 0 Å². The SMILES string of the molecule is COCC(O)CN(C)CC(=O)N(C)C(C)C. The minimum absolute atomic E-state index is 0.0575. The van der Waals surface area contributed by atoms with Gasteiger partial charge < -0.3 is 14.7 Å². The highest BCUT2D eigenvalue weighted by Gasteiger charge is 2.15. The number of amides is 1. The van der Waals surface area contributed by atoms with Crippen LogP contribution in [0.4, 0.5) is 0 Å². The number of nitrogens with zero attached hydrogens (tertiary/aromatic N) is 2. The van der Waals surface area contributed by atoms with Crippen LogP contribution in [0.3, 0.4) is 0 Å². The Morgan fingerprint density at radius 2 is 1.94 bits per heavy atom. The quantitative estimate of drug-likeness (QED) is 0.660. The van der Waals surface area contributed by atoms with Crippen LogP contribution in [0.1, 0.15) is 13.8 Å². The second-order valence-electron chi connectivity index (χ2n) is 4.40. The number of carbonyl (C=O) groups excluding carboxylic acids is 1. The predicted molar refractivity (Wildman–Crippen MR) is 63.3 cm³/mol. The summed E-state index contributed by atoms with van der Waals surface area (Å²) in [6.07, 6.45) is -0.549. The van der Waals surface area contributed by atoms with E-state index in [-0.39, 0.29) is 11.9 Å². The molecule has 0 aliphatic carbocycles. The van der Waals surface area contributed by atoms with E-state index in [1.54, 1.807) is 24.0 Å². The molecule has 16 heavy (non-hydrogen) atoms. The Morgan fingerprint density at radius 1 is 1.38 bits per heavy atom. The van der Waals surface area contributed by atoms with Gasteiger partial charge in [-0.1, -0.05) is 0 Å². The summed E-state index contributed by atoms with van der Waals surface area (Å²) in [5.74, 6) is 0.0575. The van der Waals surface area contributed by atoms with Crippen molar-refractivity contribution in [3.63, 3.8) is 0 Å². The Bertz CT molecular complexity index is 209. The highest BCUT2D eigenvalue weighted by Crippen LogP contribution is 1.97. The lowest BCUT2D eigenvalue weighted by Gasteiger charge is -2.25. The zero-order valence-electron chi connectivity index (χ0n) is 10.9. The predicted octanol–water partition coefficient (Wildman–Crippen LogP) is -0.208. The van der Waals surface area contributed by atoms with Gasteiger partial charge in [0.15, 0.2) is 0 Å². The molecule has 1 amide bonds. The number of methoxy groups -OCH3 is 1. The van der Waals surface area contributed by atoms with Gasteiger partial charge in [0, 0.05) is 26.7 Å². The van der Waals surface area contributed by atoms with E-state index in [1.165, 1.54) is 0 Å². The van der Waals surface area contributed by atoms with Crippen LogP contribution in [0, 0.1) is 0 Å². The van der Waals surface area contributed by atoms with Crippen molar-refractivity contribution in [2.24, 2.45) is 0 Å². The fraction of sp³-hybridized carbons (Fsp3) is 0.909. The van der Waals surface area contributed by atoms with Gasteiger partial charge in [0.05, 0.1) is 19.3 Å². The summed E-state index contributed by atoms with van der Waals surface area (Å²) in [6.45, 7) is 4.98. The van der Waals surface area contributed by atoms with Gasteiger partial charge in [-0.05, 0) is 20.9 Å². The van der Waals surface area contributed by atoms with Crippen molar-refractivity contribution in [3.8, 4) is 0 Å². The molecule has 0 aliphatic rings. The molecular weight excluding hydrogens is 208 g/mol. The molecule has 0 heterocycles. The van der Waals surface area contributed by atoms with E-state index in [9.17, 15) is 9.90 Å². The molecule has 1 atom stereocenters. The molecular formula is C11H24N2O3. The highest BCUT2D eigenvalue weighted by molar-refractivity contribution is 5.78. The number of hydrogen-bond acceptors (Lipinski definition) is 4. The van der Waals surface area contributed by atoms with Crippen molar-refractivity contribution >= 4 is 5.91 Å². The van der Waals surface area contributed by atoms with E-state index in [1.807, 2.05) is 20.9 Å². The molecule has 0 bridgehead atoms. The summed E-state index contributed by atoms with van der Waals surface area (Å²) >= 11 is 0. The van der Waals surface area contributed by atoms with Crippen LogP contribution in [0.15, 0.2) is 0 Å². The minimum atomic E-state index is -0.549. The van der Waals surface area contributed by atoms with E-state index in [0.29, 0.717) is 19.7 Å². The van der Waals surface area contributed by atoms with E-state index in [0.717, 1.165) is 0 Å². The highest BCUT2D eigenvalue weighted by atomic mass is 16.5. The zero-order valence-corrected chi connectivity index (χ0v) is 10.9. The van der Waals surface area contributed by atoms with Gasteiger partial charge in [-0.3, -0.25) is 9.69 Å². The minimum Gasteiger partial charge on any atom is -0.389 e. The molecule has 96 valence electrons. The molecule has 5 heteroatoms. The number of rotatable bonds is 7. The number of ether oxygens (including phenoxy) is 1. The van der Waals surface area contributed by atoms with Crippen LogP contribution < -0.4 is 0 Å². The first-order chi connectivity index (χ1) is 7.38. The molecule has 0 radical (unpaired) electrons. The maximum absolute atomic E-state index is 11.7. The third-order valence-electron chi connectivity index (χ3n) is 2.45. The van der Waals surface area contributed by atoms with Crippen molar-refractivity contribution < 1.29 is 14.6 Å².